The summed E-state index contributed by atoms with van der Waals surface area (Å²) in [6.45, 7) is 8.55. The molecule has 0 unspecified atom stereocenters. The minimum absolute atomic E-state index is 0.665. The van der Waals surface area contributed by atoms with Crippen LogP contribution in [0.1, 0.15) is 147 Å². The van der Waals surface area contributed by atoms with Gasteiger partial charge in [-0.15, -0.1) is 0 Å². The fraction of sp³-hybridized carbons (Fsp3) is 0.852. The lowest BCUT2D eigenvalue weighted by Crippen LogP contribution is -2.08. The Balaban J connectivity index is 2.17. The molecule has 1 heterocycles. The molecule has 1 aromatic rings. The summed E-state index contributed by atoms with van der Waals surface area (Å²) < 4.78 is 0. The van der Waals surface area contributed by atoms with Crippen LogP contribution in [0.25, 0.3) is 0 Å². The molecule has 0 aromatic carbocycles. The standard InChI is InChI=1S/C27H50N3/c1-4-7-9-11-13-15-17-19-21-23-26-28-25(6-3)29-27(30-26)24-22-20-18-16-14-12-10-8-5-2/h3-24H2,1-2H3. The molecule has 0 aliphatic rings. The molecule has 0 bridgehead atoms. The summed E-state index contributed by atoms with van der Waals surface area (Å²) >= 11 is 0. The zero-order valence-electron chi connectivity index (χ0n) is 20.4. The number of unbranched alkanes of at least 4 members (excludes halogenated alkanes) is 16. The van der Waals surface area contributed by atoms with E-state index in [1.165, 1.54) is 116 Å². The molecule has 1 radical (unpaired) electrons. The molecule has 0 N–H and O–H groups in total. The average molecular weight is 417 g/mol. The lowest BCUT2D eigenvalue weighted by Gasteiger charge is -2.07. The van der Waals surface area contributed by atoms with E-state index in [-0.39, 0.29) is 0 Å². The van der Waals surface area contributed by atoms with Gasteiger partial charge in [-0.05, 0) is 19.8 Å². The molecule has 1 rings (SSSR count). The molecular formula is C27H50N3. The highest BCUT2D eigenvalue weighted by Crippen LogP contribution is 2.13. The van der Waals surface area contributed by atoms with Crippen molar-refractivity contribution in [3.63, 3.8) is 0 Å². The van der Waals surface area contributed by atoms with Crippen molar-refractivity contribution in [3.05, 3.63) is 24.4 Å². The molecule has 1 aromatic heterocycles. The molecule has 0 saturated carbocycles. The van der Waals surface area contributed by atoms with Gasteiger partial charge in [-0.25, -0.2) is 15.0 Å². The quantitative estimate of drug-likeness (QED) is 0.189. The number of aromatic nitrogens is 3. The smallest absolute Gasteiger partial charge is 0.132 e. The zero-order valence-corrected chi connectivity index (χ0v) is 20.4. The van der Waals surface area contributed by atoms with E-state index in [0.717, 1.165) is 30.3 Å². The molecule has 0 aliphatic carbocycles. The van der Waals surface area contributed by atoms with Gasteiger partial charge in [-0.3, -0.25) is 0 Å². The van der Waals surface area contributed by atoms with Crippen molar-refractivity contribution in [2.45, 2.75) is 149 Å². The summed E-state index contributed by atoms with van der Waals surface area (Å²) in [5.74, 6) is 2.87. The van der Waals surface area contributed by atoms with E-state index in [0.29, 0.717) is 6.42 Å². The maximum atomic E-state index is 4.77. The number of hydrogen-bond acceptors (Lipinski definition) is 3. The number of hydrogen-bond donors (Lipinski definition) is 0. The van der Waals surface area contributed by atoms with E-state index in [2.05, 4.69) is 30.7 Å². The number of aryl methyl sites for hydroxylation is 2. The van der Waals surface area contributed by atoms with Crippen LogP contribution in [0.2, 0.25) is 0 Å². The lowest BCUT2D eigenvalue weighted by molar-refractivity contribution is 0.556. The third-order valence-electron chi connectivity index (χ3n) is 6.01. The second-order valence-electron chi connectivity index (χ2n) is 8.99. The summed E-state index contributed by atoms with van der Waals surface area (Å²) in [6, 6.07) is 0. The van der Waals surface area contributed by atoms with Gasteiger partial charge in [0.25, 0.3) is 0 Å². The first-order valence-corrected chi connectivity index (χ1v) is 13.3. The molecule has 0 saturated heterocycles. The molecule has 0 atom stereocenters. The fourth-order valence-corrected chi connectivity index (χ4v) is 4.04. The summed E-state index contributed by atoms with van der Waals surface area (Å²) in [6.07, 6.45) is 27.1. The summed E-state index contributed by atoms with van der Waals surface area (Å²) in [5.41, 5.74) is 0. The molecule has 0 spiro atoms. The van der Waals surface area contributed by atoms with Gasteiger partial charge < -0.3 is 0 Å². The minimum Gasteiger partial charge on any atom is -0.218 e. The maximum Gasteiger partial charge on any atom is 0.132 e. The predicted molar refractivity (Wildman–Crippen MR) is 131 cm³/mol. The van der Waals surface area contributed by atoms with Gasteiger partial charge in [0.2, 0.25) is 0 Å². The van der Waals surface area contributed by atoms with Gasteiger partial charge in [0.05, 0.1) is 0 Å². The maximum absolute atomic E-state index is 4.77. The van der Waals surface area contributed by atoms with E-state index in [4.69, 9.17) is 4.98 Å². The van der Waals surface area contributed by atoms with Crippen LogP contribution in [0.3, 0.4) is 0 Å². The van der Waals surface area contributed by atoms with E-state index in [1.807, 2.05) is 0 Å². The van der Waals surface area contributed by atoms with E-state index < -0.39 is 0 Å². The molecule has 0 fully saturated rings. The number of rotatable bonds is 21. The van der Waals surface area contributed by atoms with Gasteiger partial charge in [0.15, 0.2) is 0 Å². The van der Waals surface area contributed by atoms with Gasteiger partial charge in [0, 0.05) is 19.3 Å². The summed E-state index contributed by atoms with van der Waals surface area (Å²) in [7, 11) is 0. The predicted octanol–water partition coefficient (Wildman–Crippen LogP) is 8.39. The van der Waals surface area contributed by atoms with Crippen LogP contribution in [-0.4, -0.2) is 15.0 Å². The topological polar surface area (TPSA) is 38.7 Å². The van der Waals surface area contributed by atoms with Gasteiger partial charge >= 0.3 is 0 Å². The largest absolute Gasteiger partial charge is 0.218 e. The Kier molecular flexibility index (Phi) is 18.0. The minimum atomic E-state index is 0.665. The van der Waals surface area contributed by atoms with Gasteiger partial charge in [0.1, 0.15) is 17.5 Å². The highest BCUT2D eigenvalue weighted by Gasteiger charge is 2.06. The number of nitrogens with zero attached hydrogens (tertiary/aromatic N) is 3. The molecule has 0 aliphatic heterocycles. The van der Waals surface area contributed by atoms with Crippen LogP contribution in [0, 0.1) is 6.92 Å². The first kappa shape index (κ1) is 27.0. The van der Waals surface area contributed by atoms with Crippen LogP contribution in [0.5, 0.6) is 0 Å². The zero-order chi connectivity index (χ0) is 21.7. The van der Waals surface area contributed by atoms with E-state index >= 15 is 0 Å². The highest BCUT2D eigenvalue weighted by atomic mass is 15.0. The van der Waals surface area contributed by atoms with Crippen molar-refractivity contribution in [1.82, 2.24) is 15.0 Å². The van der Waals surface area contributed by atoms with E-state index in [1.54, 1.807) is 0 Å². The van der Waals surface area contributed by atoms with Crippen molar-refractivity contribution in [2.75, 3.05) is 0 Å². The van der Waals surface area contributed by atoms with E-state index in [9.17, 15) is 0 Å². The Morgan fingerprint density at radius 2 is 0.733 bits per heavy atom. The van der Waals surface area contributed by atoms with Gasteiger partial charge in [-0.2, -0.15) is 0 Å². The molecule has 30 heavy (non-hydrogen) atoms. The van der Waals surface area contributed by atoms with Crippen LogP contribution < -0.4 is 0 Å². The van der Waals surface area contributed by atoms with Crippen LogP contribution in [0.4, 0.5) is 0 Å². The SMILES string of the molecule is [CH2]Cc1nc(CCCCCCCCCCC)nc(CCCCCCCCCCC)n1. The fourth-order valence-electron chi connectivity index (χ4n) is 4.04. The summed E-state index contributed by atoms with van der Waals surface area (Å²) in [4.78, 5) is 14.0. The van der Waals surface area contributed by atoms with Crippen LogP contribution in [0.15, 0.2) is 0 Å². The second kappa shape index (κ2) is 19.9. The molecule has 3 heteroatoms. The lowest BCUT2D eigenvalue weighted by atomic mass is 10.1. The van der Waals surface area contributed by atoms with Crippen molar-refractivity contribution in [2.24, 2.45) is 0 Å². The Hall–Kier alpha value is -0.990. The third kappa shape index (κ3) is 14.9. The summed E-state index contributed by atoms with van der Waals surface area (Å²) in [5, 5.41) is 0. The molecule has 0 amide bonds. The van der Waals surface area contributed by atoms with Crippen molar-refractivity contribution >= 4 is 0 Å². The molecular weight excluding hydrogens is 366 g/mol. The van der Waals surface area contributed by atoms with Crippen molar-refractivity contribution in [1.29, 1.82) is 0 Å². The Morgan fingerprint density at radius 3 is 1.07 bits per heavy atom. The molecule has 173 valence electrons. The van der Waals surface area contributed by atoms with Crippen molar-refractivity contribution < 1.29 is 0 Å². The average Bonchev–Trinajstić information content (AvgIpc) is 2.76. The second-order valence-corrected chi connectivity index (χ2v) is 8.99. The third-order valence-corrected chi connectivity index (χ3v) is 6.01. The Bertz CT molecular complexity index is 461. The van der Waals surface area contributed by atoms with Crippen molar-refractivity contribution in [3.8, 4) is 0 Å². The molecule has 3 nitrogen and oxygen atoms in total. The van der Waals surface area contributed by atoms with Crippen LogP contribution >= 0.6 is 0 Å². The van der Waals surface area contributed by atoms with Crippen LogP contribution in [-0.2, 0) is 19.3 Å². The Morgan fingerprint density at radius 1 is 0.433 bits per heavy atom. The first-order chi connectivity index (χ1) is 14.8. The Labute approximate surface area is 188 Å². The first-order valence-electron chi connectivity index (χ1n) is 13.3. The highest BCUT2D eigenvalue weighted by molar-refractivity contribution is 4.99. The van der Waals surface area contributed by atoms with Gasteiger partial charge in [-0.1, -0.05) is 117 Å². The monoisotopic (exact) mass is 416 g/mol. The normalized spacial score (nSPS) is 11.3.